The Morgan fingerprint density at radius 1 is 1.47 bits per heavy atom. The van der Waals surface area contributed by atoms with Crippen LogP contribution in [0.15, 0.2) is 34.2 Å². The Bertz CT molecular complexity index is 524. The van der Waals surface area contributed by atoms with Crippen LogP contribution in [-0.4, -0.2) is 19.1 Å². The first kappa shape index (κ1) is 14.5. The average Bonchev–Trinajstić information content (AvgIpc) is 2.83. The third kappa shape index (κ3) is 3.78. The van der Waals surface area contributed by atoms with E-state index in [4.69, 9.17) is 0 Å². The van der Waals surface area contributed by atoms with E-state index in [0.29, 0.717) is 6.04 Å². The van der Waals surface area contributed by atoms with Crippen molar-refractivity contribution in [3.63, 3.8) is 0 Å². The van der Waals surface area contributed by atoms with E-state index in [9.17, 15) is 0 Å². The summed E-state index contributed by atoms with van der Waals surface area (Å²) in [6, 6.07) is 6.69. The number of nitrogens with zero attached hydrogens (tertiary/aromatic N) is 2. The SMILES string of the molecule is CNC(C)c1ccc(N(C)Cc2cc(Br)cs2)nc1. The average molecular weight is 340 g/mol. The zero-order valence-corrected chi connectivity index (χ0v) is 13.8. The molecule has 0 aliphatic carbocycles. The molecule has 1 atom stereocenters. The molecular weight excluding hydrogens is 322 g/mol. The fraction of sp³-hybridized carbons (Fsp3) is 0.357. The summed E-state index contributed by atoms with van der Waals surface area (Å²) < 4.78 is 1.15. The minimum atomic E-state index is 0.333. The highest BCUT2D eigenvalue weighted by Crippen LogP contribution is 2.23. The number of nitrogens with one attached hydrogen (secondary N) is 1. The fourth-order valence-electron chi connectivity index (χ4n) is 1.80. The molecule has 0 spiro atoms. The van der Waals surface area contributed by atoms with Gasteiger partial charge in [0.05, 0.1) is 6.54 Å². The summed E-state index contributed by atoms with van der Waals surface area (Å²) in [7, 11) is 4.02. The van der Waals surface area contributed by atoms with Crippen molar-refractivity contribution in [3.8, 4) is 0 Å². The van der Waals surface area contributed by atoms with E-state index in [2.05, 4.69) is 68.7 Å². The monoisotopic (exact) mass is 339 g/mol. The summed E-state index contributed by atoms with van der Waals surface area (Å²) >= 11 is 5.24. The van der Waals surface area contributed by atoms with Gasteiger partial charge < -0.3 is 10.2 Å². The molecule has 5 heteroatoms. The van der Waals surface area contributed by atoms with Crippen LogP contribution >= 0.6 is 27.3 Å². The van der Waals surface area contributed by atoms with Crippen molar-refractivity contribution in [2.24, 2.45) is 0 Å². The van der Waals surface area contributed by atoms with Crippen LogP contribution in [0.25, 0.3) is 0 Å². The standard InChI is InChI=1S/C14H18BrN3S/c1-10(16-2)11-4-5-14(17-7-11)18(3)8-13-6-12(15)9-19-13/h4-7,9-10,16H,8H2,1-3H3. The quantitative estimate of drug-likeness (QED) is 0.897. The van der Waals surface area contributed by atoms with Gasteiger partial charge >= 0.3 is 0 Å². The number of hydrogen-bond acceptors (Lipinski definition) is 4. The molecule has 2 rings (SSSR count). The van der Waals surface area contributed by atoms with Gasteiger partial charge in [0.25, 0.3) is 0 Å². The Balaban J connectivity index is 2.05. The van der Waals surface area contributed by atoms with E-state index in [0.717, 1.165) is 16.8 Å². The molecule has 1 unspecified atom stereocenters. The molecule has 19 heavy (non-hydrogen) atoms. The van der Waals surface area contributed by atoms with Crippen molar-refractivity contribution < 1.29 is 0 Å². The molecule has 102 valence electrons. The number of anilines is 1. The van der Waals surface area contributed by atoms with Crippen molar-refractivity contribution in [1.82, 2.24) is 10.3 Å². The molecule has 3 nitrogen and oxygen atoms in total. The first-order chi connectivity index (χ1) is 9.10. The first-order valence-corrected chi connectivity index (χ1v) is 7.84. The molecule has 0 saturated carbocycles. The van der Waals surface area contributed by atoms with Crippen molar-refractivity contribution in [2.45, 2.75) is 19.5 Å². The normalized spacial score (nSPS) is 12.4. The lowest BCUT2D eigenvalue weighted by atomic mass is 10.1. The third-order valence-electron chi connectivity index (χ3n) is 3.11. The lowest BCUT2D eigenvalue weighted by Crippen LogP contribution is -2.18. The lowest BCUT2D eigenvalue weighted by molar-refractivity contribution is 0.649. The van der Waals surface area contributed by atoms with Crippen LogP contribution < -0.4 is 10.2 Å². The Kier molecular flexibility index (Phi) is 4.96. The molecule has 0 radical (unpaired) electrons. The Morgan fingerprint density at radius 2 is 2.26 bits per heavy atom. The Hall–Kier alpha value is -0.910. The summed E-state index contributed by atoms with van der Waals surface area (Å²) in [5, 5.41) is 5.32. The smallest absolute Gasteiger partial charge is 0.128 e. The van der Waals surface area contributed by atoms with Crippen molar-refractivity contribution in [2.75, 3.05) is 19.0 Å². The summed E-state index contributed by atoms with van der Waals surface area (Å²) in [5.74, 6) is 0.997. The largest absolute Gasteiger partial charge is 0.355 e. The van der Waals surface area contributed by atoms with Crippen LogP contribution in [0.3, 0.4) is 0 Å². The lowest BCUT2D eigenvalue weighted by Gasteiger charge is -2.18. The molecule has 2 aromatic rings. The Morgan fingerprint density at radius 3 is 2.79 bits per heavy atom. The summed E-state index contributed by atoms with van der Waals surface area (Å²) in [6.45, 7) is 3.01. The molecule has 0 aliphatic rings. The van der Waals surface area contributed by atoms with Gasteiger partial charge in [0, 0.05) is 34.0 Å². The van der Waals surface area contributed by atoms with Gasteiger partial charge in [-0.1, -0.05) is 6.07 Å². The second-order valence-electron chi connectivity index (χ2n) is 4.55. The zero-order chi connectivity index (χ0) is 13.8. The predicted octanol–water partition coefficient (Wildman–Crippen LogP) is 3.82. The van der Waals surface area contributed by atoms with Crippen molar-refractivity contribution in [1.29, 1.82) is 0 Å². The highest BCUT2D eigenvalue weighted by atomic mass is 79.9. The molecule has 1 N–H and O–H groups in total. The fourth-order valence-corrected chi connectivity index (χ4v) is 3.30. The summed E-state index contributed by atoms with van der Waals surface area (Å²) in [4.78, 5) is 8.01. The number of thiophene rings is 1. The van der Waals surface area contributed by atoms with E-state index in [-0.39, 0.29) is 0 Å². The van der Waals surface area contributed by atoms with Crippen LogP contribution in [0, 0.1) is 0 Å². The van der Waals surface area contributed by atoms with Gasteiger partial charge in [-0.05, 0) is 47.6 Å². The van der Waals surface area contributed by atoms with Gasteiger partial charge in [-0.2, -0.15) is 0 Å². The summed E-state index contributed by atoms with van der Waals surface area (Å²) in [5.41, 5.74) is 1.21. The first-order valence-electron chi connectivity index (χ1n) is 6.17. The van der Waals surface area contributed by atoms with E-state index < -0.39 is 0 Å². The van der Waals surface area contributed by atoms with E-state index in [1.807, 2.05) is 13.2 Å². The molecule has 0 aromatic carbocycles. The van der Waals surface area contributed by atoms with Crippen molar-refractivity contribution >= 4 is 33.1 Å². The number of hydrogen-bond donors (Lipinski definition) is 1. The van der Waals surface area contributed by atoms with Gasteiger partial charge in [-0.15, -0.1) is 11.3 Å². The molecule has 0 fully saturated rings. The highest BCUT2D eigenvalue weighted by Gasteiger charge is 2.07. The van der Waals surface area contributed by atoms with E-state index >= 15 is 0 Å². The Labute approximate surface area is 126 Å². The van der Waals surface area contributed by atoms with Crippen molar-refractivity contribution in [3.05, 3.63) is 44.7 Å². The van der Waals surface area contributed by atoms with Crippen LogP contribution in [-0.2, 0) is 6.54 Å². The number of pyridine rings is 1. The zero-order valence-electron chi connectivity index (χ0n) is 11.4. The minimum Gasteiger partial charge on any atom is -0.355 e. The number of aromatic nitrogens is 1. The van der Waals surface area contributed by atoms with Gasteiger partial charge in [-0.25, -0.2) is 4.98 Å². The molecule has 0 saturated heterocycles. The topological polar surface area (TPSA) is 28.2 Å². The second kappa shape index (κ2) is 6.50. The van der Waals surface area contributed by atoms with Gasteiger partial charge in [0.1, 0.15) is 5.82 Å². The number of rotatable bonds is 5. The van der Waals surface area contributed by atoms with Gasteiger partial charge in [-0.3, -0.25) is 0 Å². The maximum Gasteiger partial charge on any atom is 0.128 e. The van der Waals surface area contributed by atoms with E-state index in [1.54, 1.807) is 11.3 Å². The maximum absolute atomic E-state index is 4.53. The van der Waals surface area contributed by atoms with Gasteiger partial charge in [0.2, 0.25) is 0 Å². The third-order valence-corrected chi connectivity index (χ3v) is 4.79. The minimum absolute atomic E-state index is 0.333. The molecule has 0 aliphatic heterocycles. The second-order valence-corrected chi connectivity index (χ2v) is 6.46. The van der Waals surface area contributed by atoms with Crippen LogP contribution in [0.5, 0.6) is 0 Å². The van der Waals surface area contributed by atoms with Gasteiger partial charge in [0.15, 0.2) is 0 Å². The van der Waals surface area contributed by atoms with Crippen LogP contribution in [0.4, 0.5) is 5.82 Å². The molecular formula is C14H18BrN3S. The highest BCUT2D eigenvalue weighted by molar-refractivity contribution is 9.10. The molecule has 2 heterocycles. The van der Waals surface area contributed by atoms with Crippen LogP contribution in [0.1, 0.15) is 23.4 Å². The van der Waals surface area contributed by atoms with Crippen LogP contribution in [0.2, 0.25) is 0 Å². The molecule has 0 amide bonds. The molecule has 2 aromatic heterocycles. The molecule has 0 bridgehead atoms. The van der Waals surface area contributed by atoms with E-state index in [1.165, 1.54) is 10.4 Å². The maximum atomic E-state index is 4.53. The predicted molar refractivity (Wildman–Crippen MR) is 85.8 cm³/mol. The number of halogens is 1. The summed E-state index contributed by atoms with van der Waals surface area (Å²) in [6.07, 6.45) is 1.94.